The third kappa shape index (κ3) is 4.10. The summed E-state index contributed by atoms with van der Waals surface area (Å²) in [5.41, 5.74) is 2.31. The van der Waals surface area contributed by atoms with Crippen LogP contribution < -0.4 is 5.32 Å². The lowest BCUT2D eigenvalue weighted by Gasteiger charge is -2.14. The molecule has 1 aromatic rings. The number of rotatable bonds is 5. The van der Waals surface area contributed by atoms with Gasteiger partial charge in [-0.3, -0.25) is 0 Å². The SMILES string of the molecule is COCC(C)CNc1ccc(Cl)cc1C. The minimum atomic E-state index is 0.505. The molecule has 1 rings (SSSR count). The predicted molar refractivity (Wildman–Crippen MR) is 65.7 cm³/mol. The summed E-state index contributed by atoms with van der Waals surface area (Å²) in [6.45, 7) is 5.90. The topological polar surface area (TPSA) is 21.3 Å². The quantitative estimate of drug-likeness (QED) is 0.833. The molecule has 1 unspecified atom stereocenters. The van der Waals surface area contributed by atoms with Crippen molar-refractivity contribution in [2.24, 2.45) is 5.92 Å². The molecule has 1 atom stereocenters. The van der Waals surface area contributed by atoms with Gasteiger partial charge in [-0.1, -0.05) is 18.5 Å². The van der Waals surface area contributed by atoms with E-state index in [2.05, 4.69) is 19.2 Å². The second kappa shape index (κ2) is 5.99. The Balaban J connectivity index is 2.50. The van der Waals surface area contributed by atoms with Crippen molar-refractivity contribution in [3.63, 3.8) is 0 Å². The first kappa shape index (κ1) is 12.3. The number of anilines is 1. The van der Waals surface area contributed by atoms with Crippen molar-refractivity contribution >= 4 is 17.3 Å². The Kier molecular flexibility index (Phi) is 4.92. The highest BCUT2D eigenvalue weighted by Gasteiger charge is 2.03. The van der Waals surface area contributed by atoms with Gasteiger partial charge in [0.2, 0.25) is 0 Å². The van der Waals surface area contributed by atoms with Gasteiger partial charge < -0.3 is 10.1 Å². The summed E-state index contributed by atoms with van der Waals surface area (Å²) in [6, 6.07) is 5.87. The molecule has 1 aromatic carbocycles. The van der Waals surface area contributed by atoms with Crippen LogP contribution >= 0.6 is 11.6 Å². The van der Waals surface area contributed by atoms with Gasteiger partial charge >= 0.3 is 0 Å². The average Bonchev–Trinajstić information content (AvgIpc) is 2.17. The second-order valence-electron chi connectivity index (χ2n) is 3.90. The third-order valence-corrected chi connectivity index (χ3v) is 2.52. The van der Waals surface area contributed by atoms with Crippen molar-refractivity contribution in [3.05, 3.63) is 28.8 Å². The number of ether oxygens (including phenoxy) is 1. The van der Waals surface area contributed by atoms with Gasteiger partial charge in [-0.15, -0.1) is 0 Å². The summed E-state index contributed by atoms with van der Waals surface area (Å²) in [5, 5.41) is 4.17. The summed E-state index contributed by atoms with van der Waals surface area (Å²) < 4.78 is 5.08. The maximum atomic E-state index is 5.88. The largest absolute Gasteiger partial charge is 0.384 e. The van der Waals surface area contributed by atoms with E-state index in [1.54, 1.807) is 7.11 Å². The van der Waals surface area contributed by atoms with Crippen LogP contribution in [0.1, 0.15) is 12.5 Å². The standard InChI is InChI=1S/C12H18ClNO/c1-9(8-15-3)7-14-12-5-4-11(13)6-10(12)2/h4-6,9,14H,7-8H2,1-3H3. The number of methoxy groups -OCH3 is 1. The Morgan fingerprint density at radius 1 is 1.47 bits per heavy atom. The molecule has 0 fully saturated rings. The molecule has 0 bridgehead atoms. The van der Waals surface area contributed by atoms with E-state index in [4.69, 9.17) is 16.3 Å². The Hall–Kier alpha value is -0.730. The smallest absolute Gasteiger partial charge is 0.0504 e. The van der Waals surface area contributed by atoms with E-state index in [1.165, 1.54) is 5.56 Å². The normalized spacial score (nSPS) is 12.5. The van der Waals surface area contributed by atoms with Crippen molar-refractivity contribution in [1.29, 1.82) is 0 Å². The number of nitrogens with one attached hydrogen (secondary N) is 1. The van der Waals surface area contributed by atoms with Crippen LogP contribution in [-0.4, -0.2) is 20.3 Å². The third-order valence-electron chi connectivity index (χ3n) is 2.28. The highest BCUT2D eigenvalue weighted by atomic mass is 35.5. The highest BCUT2D eigenvalue weighted by Crippen LogP contribution is 2.19. The first-order valence-corrected chi connectivity index (χ1v) is 5.50. The van der Waals surface area contributed by atoms with Gasteiger partial charge in [0.1, 0.15) is 0 Å². The van der Waals surface area contributed by atoms with Crippen LogP contribution in [0.5, 0.6) is 0 Å². The molecule has 0 heterocycles. The van der Waals surface area contributed by atoms with Crippen molar-refractivity contribution in [2.45, 2.75) is 13.8 Å². The van der Waals surface area contributed by atoms with Crippen LogP contribution in [0.2, 0.25) is 5.02 Å². The Morgan fingerprint density at radius 2 is 2.20 bits per heavy atom. The van der Waals surface area contributed by atoms with Gasteiger partial charge in [-0.2, -0.15) is 0 Å². The van der Waals surface area contributed by atoms with Crippen LogP contribution in [-0.2, 0) is 4.74 Å². The fourth-order valence-electron chi connectivity index (χ4n) is 1.45. The predicted octanol–water partition coefficient (Wildman–Crippen LogP) is 3.34. The zero-order valence-electron chi connectivity index (χ0n) is 9.51. The van der Waals surface area contributed by atoms with E-state index < -0.39 is 0 Å². The molecule has 0 aromatic heterocycles. The number of aryl methyl sites for hydroxylation is 1. The van der Waals surface area contributed by atoms with Crippen molar-refractivity contribution in [3.8, 4) is 0 Å². The lowest BCUT2D eigenvalue weighted by molar-refractivity contribution is 0.164. The van der Waals surface area contributed by atoms with Gasteiger partial charge in [0, 0.05) is 24.4 Å². The second-order valence-corrected chi connectivity index (χ2v) is 4.34. The van der Waals surface area contributed by atoms with Crippen molar-refractivity contribution in [1.82, 2.24) is 0 Å². The van der Waals surface area contributed by atoms with Gasteiger partial charge in [0.15, 0.2) is 0 Å². The van der Waals surface area contributed by atoms with E-state index in [1.807, 2.05) is 18.2 Å². The first-order chi connectivity index (χ1) is 7.13. The molecule has 1 N–H and O–H groups in total. The van der Waals surface area contributed by atoms with Gasteiger partial charge in [-0.25, -0.2) is 0 Å². The molecule has 15 heavy (non-hydrogen) atoms. The molecule has 0 amide bonds. The van der Waals surface area contributed by atoms with E-state index >= 15 is 0 Å². The number of hydrogen-bond acceptors (Lipinski definition) is 2. The van der Waals surface area contributed by atoms with Gasteiger partial charge in [0.25, 0.3) is 0 Å². The van der Waals surface area contributed by atoms with Gasteiger partial charge in [-0.05, 0) is 36.6 Å². The van der Waals surface area contributed by atoms with Crippen molar-refractivity contribution in [2.75, 3.05) is 25.6 Å². The molecule has 0 saturated carbocycles. The molecule has 0 radical (unpaired) electrons. The number of hydrogen-bond donors (Lipinski definition) is 1. The summed E-state index contributed by atoms with van der Waals surface area (Å²) in [7, 11) is 1.73. The zero-order chi connectivity index (χ0) is 11.3. The summed E-state index contributed by atoms with van der Waals surface area (Å²) in [6.07, 6.45) is 0. The molecule has 84 valence electrons. The van der Waals surface area contributed by atoms with E-state index in [0.717, 1.165) is 23.9 Å². The fraction of sp³-hybridized carbons (Fsp3) is 0.500. The minimum Gasteiger partial charge on any atom is -0.384 e. The highest BCUT2D eigenvalue weighted by molar-refractivity contribution is 6.30. The molecule has 0 aliphatic carbocycles. The van der Waals surface area contributed by atoms with Crippen LogP contribution in [0.25, 0.3) is 0 Å². The van der Waals surface area contributed by atoms with E-state index in [0.29, 0.717) is 5.92 Å². The number of halogens is 1. The van der Waals surface area contributed by atoms with Crippen LogP contribution in [0, 0.1) is 12.8 Å². The summed E-state index contributed by atoms with van der Waals surface area (Å²) >= 11 is 5.88. The van der Waals surface area contributed by atoms with Crippen LogP contribution in [0.4, 0.5) is 5.69 Å². The van der Waals surface area contributed by atoms with Crippen molar-refractivity contribution < 1.29 is 4.74 Å². The fourth-order valence-corrected chi connectivity index (χ4v) is 1.68. The molecular formula is C12H18ClNO. The first-order valence-electron chi connectivity index (χ1n) is 5.12. The maximum Gasteiger partial charge on any atom is 0.0504 e. The lowest BCUT2D eigenvalue weighted by Crippen LogP contribution is -2.16. The molecule has 0 spiro atoms. The molecule has 0 saturated heterocycles. The summed E-state index contributed by atoms with van der Waals surface area (Å²) in [5.74, 6) is 0.505. The Bertz CT molecular complexity index is 314. The Morgan fingerprint density at radius 3 is 2.80 bits per heavy atom. The Labute approximate surface area is 96.6 Å². The molecule has 0 aliphatic heterocycles. The average molecular weight is 228 g/mol. The molecule has 2 nitrogen and oxygen atoms in total. The summed E-state index contributed by atoms with van der Waals surface area (Å²) in [4.78, 5) is 0. The maximum absolute atomic E-state index is 5.88. The van der Waals surface area contributed by atoms with E-state index in [-0.39, 0.29) is 0 Å². The van der Waals surface area contributed by atoms with Crippen LogP contribution in [0.3, 0.4) is 0 Å². The lowest BCUT2D eigenvalue weighted by atomic mass is 10.1. The van der Waals surface area contributed by atoms with E-state index in [9.17, 15) is 0 Å². The minimum absolute atomic E-state index is 0.505. The molecule has 3 heteroatoms. The monoisotopic (exact) mass is 227 g/mol. The van der Waals surface area contributed by atoms with Gasteiger partial charge in [0.05, 0.1) is 6.61 Å². The zero-order valence-corrected chi connectivity index (χ0v) is 10.3. The van der Waals surface area contributed by atoms with Crippen LogP contribution in [0.15, 0.2) is 18.2 Å². The number of benzene rings is 1. The molecule has 0 aliphatic rings. The molecular weight excluding hydrogens is 210 g/mol.